The Morgan fingerprint density at radius 2 is 1.75 bits per heavy atom. The van der Waals surface area contributed by atoms with Gasteiger partial charge in [-0.25, -0.2) is 8.42 Å². The highest BCUT2D eigenvalue weighted by Crippen LogP contribution is 2.33. The van der Waals surface area contributed by atoms with Crippen molar-refractivity contribution >= 4 is 39.5 Å². The van der Waals surface area contributed by atoms with E-state index < -0.39 is 10.0 Å². The molecule has 2 aromatic carbocycles. The number of carbonyl (C=O) groups is 1. The molecule has 0 saturated heterocycles. The number of aromatic nitrogens is 1. The van der Waals surface area contributed by atoms with E-state index in [4.69, 9.17) is 14.0 Å². The Bertz CT molecular complexity index is 1280. The lowest BCUT2D eigenvalue weighted by atomic mass is 10.2. The second kappa shape index (κ2) is 8.75. The molecule has 3 aromatic rings. The van der Waals surface area contributed by atoms with E-state index in [9.17, 15) is 13.2 Å². The molecule has 2 heterocycles. The summed E-state index contributed by atoms with van der Waals surface area (Å²) in [6.45, 7) is 4.00. The Labute approximate surface area is 185 Å². The first-order valence-corrected chi connectivity index (χ1v) is 11.2. The monoisotopic (exact) mass is 455 g/mol. The van der Waals surface area contributed by atoms with E-state index in [-0.39, 0.29) is 10.8 Å². The van der Waals surface area contributed by atoms with Crippen LogP contribution in [-0.4, -0.2) is 32.7 Å². The summed E-state index contributed by atoms with van der Waals surface area (Å²) in [5.74, 6) is 1.25. The van der Waals surface area contributed by atoms with Crippen LogP contribution in [0.4, 0.5) is 11.4 Å². The average Bonchev–Trinajstić information content (AvgIpc) is 3.11. The van der Waals surface area contributed by atoms with Gasteiger partial charge in [0.05, 0.1) is 10.6 Å². The zero-order valence-corrected chi connectivity index (χ0v) is 18.2. The fourth-order valence-electron chi connectivity index (χ4n) is 3.08. The van der Waals surface area contributed by atoms with Gasteiger partial charge in [0.1, 0.15) is 24.6 Å². The minimum absolute atomic E-state index is 0.110. The lowest BCUT2D eigenvalue weighted by Crippen LogP contribution is -2.16. The van der Waals surface area contributed by atoms with Gasteiger partial charge < -0.3 is 19.3 Å². The number of amides is 1. The van der Waals surface area contributed by atoms with E-state index in [1.807, 2.05) is 0 Å². The van der Waals surface area contributed by atoms with E-state index in [1.54, 1.807) is 49.4 Å². The second-order valence-corrected chi connectivity index (χ2v) is 8.74. The topological polar surface area (TPSA) is 120 Å². The summed E-state index contributed by atoms with van der Waals surface area (Å²) in [7, 11) is -3.79. The quantitative estimate of drug-likeness (QED) is 0.582. The lowest BCUT2D eigenvalue weighted by molar-refractivity contribution is -0.114. The van der Waals surface area contributed by atoms with Crippen LogP contribution in [0.1, 0.15) is 23.9 Å². The Kier molecular flexibility index (Phi) is 5.87. The van der Waals surface area contributed by atoms with Crippen molar-refractivity contribution in [3.8, 4) is 11.5 Å². The average molecular weight is 455 g/mol. The maximum absolute atomic E-state index is 12.7. The molecule has 1 aliphatic rings. The van der Waals surface area contributed by atoms with Gasteiger partial charge in [0.2, 0.25) is 5.91 Å². The minimum atomic E-state index is -3.79. The third kappa shape index (κ3) is 4.75. The first kappa shape index (κ1) is 21.4. The number of sulfonamides is 1. The van der Waals surface area contributed by atoms with Crippen molar-refractivity contribution in [3.05, 3.63) is 59.5 Å². The van der Waals surface area contributed by atoms with Gasteiger partial charge in [0.15, 0.2) is 17.3 Å². The molecule has 32 heavy (non-hydrogen) atoms. The number of anilines is 2. The van der Waals surface area contributed by atoms with Gasteiger partial charge in [0, 0.05) is 13.0 Å². The SMILES string of the molecule is CC(=O)Nc1c(C)noc1C=Cc1ccc(S(=O)(=O)Nc2ccc3c(c2)OCCO3)cc1. The Morgan fingerprint density at radius 3 is 2.47 bits per heavy atom. The van der Waals surface area contributed by atoms with Gasteiger partial charge in [-0.2, -0.15) is 0 Å². The highest BCUT2D eigenvalue weighted by molar-refractivity contribution is 7.92. The number of nitrogens with one attached hydrogen (secondary N) is 2. The molecule has 10 heteroatoms. The van der Waals surface area contributed by atoms with Crippen molar-refractivity contribution in [3.63, 3.8) is 0 Å². The fraction of sp³-hybridized carbons (Fsp3) is 0.182. The maximum Gasteiger partial charge on any atom is 0.261 e. The zero-order valence-electron chi connectivity index (χ0n) is 17.4. The summed E-state index contributed by atoms with van der Waals surface area (Å²) < 4.78 is 44.2. The van der Waals surface area contributed by atoms with Crippen molar-refractivity contribution < 1.29 is 27.2 Å². The summed E-state index contributed by atoms with van der Waals surface area (Å²) in [5.41, 5.74) is 2.18. The van der Waals surface area contributed by atoms with Crippen LogP contribution >= 0.6 is 0 Å². The summed E-state index contributed by atoms with van der Waals surface area (Å²) in [4.78, 5) is 11.5. The molecule has 1 aliphatic heterocycles. The predicted octanol–water partition coefficient (Wildman–Crippen LogP) is 3.68. The van der Waals surface area contributed by atoms with Crippen LogP contribution in [0.15, 0.2) is 51.9 Å². The number of carbonyl (C=O) groups excluding carboxylic acids is 1. The van der Waals surface area contributed by atoms with Crippen LogP contribution in [0, 0.1) is 6.92 Å². The highest BCUT2D eigenvalue weighted by Gasteiger charge is 2.17. The summed E-state index contributed by atoms with van der Waals surface area (Å²) in [5, 5.41) is 6.53. The number of aryl methyl sites for hydroxylation is 1. The molecular formula is C22H21N3O6S. The number of ether oxygens (including phenoxy) is 2. The van der Waals surface area contributed by atoms with Crippen LogP contribution in [0.3, 0.4) is 0 Å². The van der Waals surface area contributed by atoms with E-state index in [0.717, 1.165) is 5.56 Å². The van der Waals surface area contributed by atoms with Crippen LogP contribution in [0.2, 0.25) is 0 Å². The summed E-state index contributed by atoms with van der Waals surface area (Å²) in [6, 6.07) is 11.2. The minimum Gasteiger partial charge on any atom is -0.486 e. The van der Waals surface area contributed by atoms with Gasteiger partial charge in [-0.3, -0.25) is 9.52 Å². The second-order valence-electron chi connectivity index (χ2n) is 7.05. The molecule has 4 rings (SSSR count). The Balaban J connectivity index is 1.48. The molecule has 9 nitrogen and oxygen atoms in total. The van der Waals surface area contributed by atoms with Crippen molar-refractivity contribution in [2.24, 2.45) is 0 Å². The smallest absolute Gasteiger partial charge is 0.261 e. The molecule has 0 fully saturated rings. The standard InChI is InChI=1S/C22H21N3O6S/c1-14-22(23-15(2)26)20(31-24-14)9-5-16-3-7-18(8-4-16)32(27,28)25-17-6-10-19-21(13-17)30-12-11-29-19/h3-10,13,25H,11-12H2,1-2H3,(H,23,26). The molecule has 0 bridgehead atoms. The van der Waals surface area contributed by atoms with Gasteiger partial charge in [-0.1, -0.05) is 23.4 Å². The lowest BCUT2D eigenvalue weighted by Gasteiger charge is -2.19. The highest BCUT2D eigenvalue weighted by atomic mass is 32.2. The molecule has 0 radical (unpaired) electrons. The first-order valence-electron chi connectivity index (χ1n) is 9.76. The first-order chi connectivity index (χ1) is 15.3. The molecule has 0 saturated carbocycles. The number of fused-ring (bicyclic) bond motifs is 1. The van der Waals surface area contributed by atoms with Gasteiger partial charge in [0.25, 0.3) is 10.0 Å². The maximum atomic E-state index is 12.7. The molecule has 1 amide bonds. The number of benzene rings is 2. The normalized spacial score (nSPS) is 13.2. The molecule has 1 aromatic heterocycles. The van der Waals surface area contributed by atoms with Gasteiger partial charge >= 0.3 is 0 Å². The van der Waals surface area contributed by atoms with E-state index in [1.165, 1.54) is 19.1 Å². The van der Waals surface area contributed by atoms with Crippen molar-refractivity contribution in [1.29, 1.82) is 0 Å². The number of hydrogen-bond acceptors (Lipinski definition) is 7. The summed E-state index contributed by atoms with van der Waals surface area (Å²) in [6.07, 6.45) is 3.39. The number of hydrogen-bond donors (Lipinski definition) is 2. The third-order valence-electron chi connectivity index (χ3n) is 4.60. The molecule has 0 unspecified atom stereocenters. The van der Waals surface area contributed by atoms with Crippen molar-refractivity contribution in [2.75, 3.05) is 23.3 Å². The fourth-order valence-corrected chi connectivity index (χ4v) is 4.13. The van der Waals surface area contributed by atoms with Crippen LogP contribution in [0.25, 0.3) is 12.2 Å². The van der Waals surface area contributed by atoms with E-state index >= 15 is 0 Å². The molecule has 2 N–H and O–H groups in total. The molecule has 0 aliphatic carbocycles. The molecule has 166 valence electrons. The van der Waals surface area contributed by atoms with Crippen LogP contribution < -0.4 is 19.5 Å². The largest absolute Gasteiger partial charge is 0.486 e. The van der Waals surface area contributed by atoms with Crippen LogP contribution in [0.5, 0.6) is 11.5 Å². The Morgan fingerprint density at radius 1 is 1.03 bits per heavy atom. The third-order valence-corrected chi connectivity index (χ3v) is 6.00. The van der Waals surface area contributed by atoms with E-state index in [0.29, 0.717) is 47.5 Å². The predicted molar refractivity (Wildman–Crippen MR) is 119 cm³/mol. The molecule has 0 spiro atoms. The summed E-state index contributed by atoms with van der Waals surface area (Å²) >= 11 is 0. The van der Waals surface area contributed by atoms with Crippen molar-refractivity contribution in [2.45, 2.75) is 18.7 Å². The molecule has 0 atom stereocenters. The zero-order chi connectivity index (χ0) is 22.7. The number of rotatable bonds is 6. The van der Waals surface area contributed by atoms with Crippen LogP contribution in [-0.2, 0) is 14.8 Å². The molecular weight excluding hydrogens is 434 g/mol. The van der Waals surface area contributed by atoms with Crippen molar-refractivity contribution in [1.82, 2.24) is 5.16 Å². The Hall–Kier alpha value is -3.79. The van der Waals surface area contributed by atoms with Gasteiger partial charge in [-0.05, 0) is 42.8 Å². The number of nitrogens with zero attached hydrogens (tertiary/aromatic N) is 1. The van der Waals surface area contributed by atoms with Gasteiger partial charge in [-0.15, -0.1) is 0 Å². The van der Waals surface area contributed by atoms with E-state index in [2.05, 4.69) is 15.2 Å².